The summed E-state index contributed by atoms with van der Waals surface area (Å²) >= 11 is 0. The molecule has 0 saturated carbocycles. The molecule has 10 heteroatoms. The fourth-order valence-corrected chi connectivity index (χ4v) is 4.17. The lowest BCUT2D eigenvalue weighted by molar-refractivity contribution is -0.244. The van der Waals surface area contributed by atoms with Crippen LogP contribution in [0, 0.1) is 35.0 Å². The molecule has 1 aromatic carbocycles. The number of hydrogen-bond acceptors (Lipinski definition) is 3. The van der Waals surface area contributed by atoms with Gasteiger partial charge >= 0.3 is 6.03 Å². The van der Waals surface area contributed by atoms with Gasteiger partial charge in [-0.25, -0.2) is 26.7 Å². The van der Waals surface area contributed by atoms with E-state index in [0.29, 0.717) is 19.3 Å². The Balaban J connectivity index is 2.65. The highest BCUT2D eigenvalue weighted by Crippen LogP contribution is 2.34. The Kier molecular flexibility index (Phi) is 13.4. The van der Waals surface area contributed by atoms with Crippen LogP contribution in [0.1, 0.15) is 78.1 Å². The lowest BCUT2D eigenvalue weighted by Crippen LogP contribution is -2.42. The highest BCUT2D eigenvalue weighted by molar-refractivity contribution is 5.89. The van der Waals surface area contributed by atoms with Crippen molar-refractivity contribution < 1.29 is 36.2 Å². The Labute approximate surface area is 198 Å². The summed E-state index contributed by atoms with van der Waals surface area (Å²) in [6.07, 6.45) is 9.54. The molecule has 1 rings (SSSR count). The summed E-state index contributed by atoms with van der Waals surface area (Å²) in [4.78, 5) is 12.0. The van der Waals surface area contributed by atoms with Crippen molar-refractivity contribution in [3.05, 3.63) is 29.1 Å². The standard InChI is InChI=1S/C24H37F5N2O3/c1-5-7-8-9-10-11-13-16(24(6-2,33-3)34-4)14-12-15-30-23(32)31-22-20(28)18(26)17(25)19(27)21(22)29/h16H,5-15H2,1-4H3,(H2,30,31,32). The number of anilines is 1. The molecule has 2 N–H and O–H groups in total. The molecule has 1 atom stereocenters. The van der Waals surface area contributed by atoms with Crippen LogP contribution in [-0.2, 0) is 9.47 Å². The molecule has 0 aliphatic rings. The average molecular weight is 497 g/mol. The molecule has 196 valence electrons. The number of halogens is 5. The third-order valence-electron chi connectivity index (χ3n) is 6.18. The summed E-state index contributed by atoms with van der Waals surface area (Å²) in [5.41, 5.74) is -1.39. The van der Waals surface area contributed by atoms with Gasteiger partial charge in [-0.1, -0.05) is 52.4 Å². The number of carbonyl (C=O) groups is 1. The van der Waals surface area contributed by atoms with E-state index in [4.69, 9.17) is 9.47 Å². The molecule has 0 aromatic heterocycles. The molecule has 0 bridgehead atoms. The largest absolute Gasteiger partial charge is 0.353 e. The number of ether oxygens (including phenoxy) is 2. The normalized spacial score (nSPS) is 12.6. The van der Waals surface area contributed by atoms with Crippen LogP contribution in [0.15, 0.2) is 0 Å². The quantitative estimate of drug-likeness (QED) is 0.0848. The number of carbonyl (C=O) groups excluding carboxylic acids is 1. The molecular formula is C24H37F5N2O3. The lowest BCUT2D eigenvalue weighted by atomic mass is 9.86. The third kappa shape index (κ3) is 8.08. The summed E-state index contributed by atoms with van der Waals surface area (Å²) in [5.74, 6) is -11.4. The van der Waals surface area contributed by atoms with E-state index in [9.17, 15) is 26.7 Å². The first-order chi connectivity index (χ1) is 16.2. The minimum atomic E-state index is -2.28. The van der Waals surface area contributed by atoms with Gasteiger partial charge in [-0.15, -0.1) is 0 Å². The molecular weight excluding hydrogens is 459 g/mol. The maximum atomic E-state index is 13.7. The second kappa shape index (κ2) is 15.1. The summed E-state index contributed by atoms with van der Waals surface area (Å²) in [6.45, 7) is 4.26. The van der Waals surface area contributed by atoms with Gasteiger partial charge in [0.2, 0.25) is 5.82 Å². The second-order valence-electron chi connectivity index (χ2n) is 8.30. The number of amides is 2. The predicted octanol–water partition coefficient (Wildman–Crippen LogP) is 7.05. The van der Waals surface area contributed by atoms with Gasteiger partial charge in [0, 0.05) is 26.7 Å². The topological polar surface area (TPSA) is 59.6 Å². The Morgan fingerprint density at radius 2 is 1.29 bits per heavy atom. The number of nitrogens with one attached hydrogen (secondary N) is 2. The maximum Gasteiger partial charge on any atom is 0.319 e. The highest BCUT2D eigenvalue weighted by atomic mass is 19.2. The number of rotatable bonds is 16. The highest BCUT2D eigenvalue weighted by Gasteiger charge is 2.36. The SMILES string of the molecule is CCCCCCCCC(CCCNC(=O)Nc1c(F)c(F)c(F)c(F)c1F)C(CC)(OC)OC. The van der Waals surface area contributed by atoms with Crippen LogP contribution < -0.4 is 10.6 Å². The Bertz CT molecular complexity index is 738. The van der Waals surface area contributed by atoms with Crippen LogP contribution in [0.2, 0.25) is 0 Å². The number of unbranched alkanes of at least 4 members (excludes halogenated alkanes) is 5. The van der Waals surface area contributed by atoms with Crippen LogP contribution in [0.25, 0.3) is 0 Å². The number of hydrogen-bond donors (Lipinski definition) is 2. The molecule has 0 aliphatic heterocycles. The molecule has 5 nitrogen and oxygen atoms in total. The van der Waals surface area contributed by atoms with Crippen LogP contribution in [-0.4, -0.2) is 32.6 Å². The fraction of sp³-hybridized carbons (Fsp3) is 0.708. The monoisotopic (exact) mass is 496 g/mol. The van der Waals surface area contributed by atoms with Gasteiger partial charge in [-0.05, 0) is 25.7 Å². The van der Waals surface area contributed by atoms with Crippen molar-refractivity contribution in [1.82, 2.24) is 5.32 Å². The number of methoxy groups -OCH3 is 2. The zero-order valence-electron chi connectivity index (χ0n) is 20.5. The van der Waals surface area contributed by atoms with E-state index in [-0.39, 0.29) is 12.5 Å². The first-order valence-corrected chi connectivity index (χ1v) is 11.9. The van der Waals surface area contributed by atoms with Crippen molar-refractivity contribution in [2.45, 2.75) is 83.8 Å². The van der Waals surface area contributed by atoms with Crippen LogP contribution in [0.4, 0.5) is 32.4 Å². The minimum Gasteiger partial charge on any atom is -0.353 e. The van der Waals surface area contributed by atoms with Crippen LogP contribution in [0.5, 0.6) is 0 Å². The summed E-state index contributed by atoms with van der Waals surface area (Å²) in [6, 6.07) is -1.07. The van der Waals surface area contributed by atoms with Gasteiger partial charge in [0.25, 0.3) is 0 Å². The average Bonchev–Trinajstić information content (AvgIpc) is 2.84. The second-order valence-corrected chi connectivity index (χ2v) is 8.30. The van der Waals surface area contributed by atoms with E-state index < -0.39 is 46.6 Å². The van der Waals surface area contributed by atoms with Crippen molar-refractivity contribution in [1.29, 1.82) is 0 Å². The van der Waals surface area contributed by atoms with E-state index in [1.165, 1.54) is 25.7 Å². The molecule has 0 saturated heterocycles. The summed E-state index contributed by atoms with van der Waals surface area (Å²) in [5, 5.41) is 4.09. The molecule has 0 fully saturated rings. The lowest BCUT2D eigenvalue weighted by Gasteiger charge is -2.38. The molecule has 0 radical (unpaired) electrons. The Morgan fingerprint density at radius 1 is 0.794 bits per heavy atom. The molecule has 34 heavy (non-hydrogen) atoms. The van der Waals surface area contributed by atoms with Gasteiger partial charge in [0.05, 0.1) is 0 Å². The molecule has 1 unspecified atom stereocenters. The van der Waals surface area contributed by atoms with Crippen molar-refractivity contribution in [2.75, 3.05) is 26.1 Å². The van der Waals surface area contributed by atoms with Crippen LogP contribution >= 0.6 is 0 Å². The molecule has 0 aliphatic carbocycles. The van der Waals surface area contributed by atoms with E-state index in [1.807, 2.05) is 6.92 Å². The van der Waals surface area contributed by atoms with Gasteiger partial charge in [-0.2, -0.15) is 0 Å². The van der Waals surface area contributed by atoms with Crippen LogP contribution in [0.3, 0.4) is 0 Å². The van der Waals surface area contributed by atoms with Gasteiger partial charge in [0.15, 0.2) is 29.1 Å². The predicted molar refractivity (Wildman–Crippen MR) is 121 cm³/mol. The van der Waals surface area contributed by atoms with Crippen molar-refractivity contribution in [3.63, 3.8) is 0 Å². The van der Waals surface area contributed by atoms with E-state index >= 15 is 0 Å². The van der Waals surface area contributed by atoms with Crippen molar-refractivity contribution in [2.24, 2.45) is 5.92 Å². The molecule has 1 aromatic rings. The van der Waals surface area contributed by atoms with Gasteiger partial charge in [0.1, 0.15) is 5.69 Å². The molecule has 0 heterocycles. The fourth-order valence-electron chi connectivity index (χ4n) is 4.17. The minimum absolute atomic E-state index is 0.0544. The van der Waals surface area contributed by atoms with Gasteiger partial charge < -0.3 is 20.1 Å². The van der Waals surface area contributed by atoms with Gasteiger partial charge in [-0.3, -0.25) is 0 Å². The molecule has 0 spiro atoms. The maximum absolute atomic E-state index is 13.7. The zero-order chi connectivity index (χ0) is 25.7. The summed E-state index contributed by atoms with van der Waals surface area (Å²) in [7, 11) is 3.19. The van der Waals surface area contributed by atoms with E-state index in [1.54, 1.807) is 19.5 Å². The first-order valence-electron chi connectivity index (χ1n) is 11.9. The summed E-state index contributed by atoms with van der Waals surface area (Å²) < 4.78 is 78.6. The Hall–Kier alpha value is -1.94. The number of urea groups is 1. The molecule has 2 amide bonds. The van der Waals surface area contributed by atoms with E-state index in [0.717, 1.165) is 19.3 Å². The first kappa shape index (κ1) is 30.1. The Morgan fingerprint density at radius 3 is 1.82 bits per heavy atom. The van der Waals surface area contributed by atoms with E-state index in [2.05, 4.69) is 12.2 Å². The zero-order valence-corrected chi connectivity index (χ0v) is 20.5. The van der Waals surface area contributed by atoms with Crippen molar-refractivity contribution in [3.8, 4) is 0 Å². The van der Waals surface area contributed by atoms with Crippen molar-refractivity contribution >= 4 is 11.7 Å². The third-order valence-corrected chi connectivity index (χ3v) is 6.18. The number of benzene rings is 1. The smallest absolute Gasteiger partial charge is 0.319 e.